The molecule has 3 heterocycles. The Morgan fingerprint density at radius 1 is 1.28 bits per heavy atom. The maximum Gasteiger partial charge on any atom is 0.239 e. The lowest BCUT2D eigenvalue weighted by atomic mass is 10.3. The summed E-state index contributed by atoms with van der Waals surface area (Å²) in [7, 11) is 0. The zero-order chi connectivity index (χ0) is 17.6. The summed E-state index contributed by atoms with van der Waals surface area (Å²) in [6.45, 7) is 9.58. The molecule has 0 aliphatic carbocycles. The van der Waals surface area contributed by atoms with Crippen molar-refractivity contribution >= 4 is 11.7 Å². The largest absolute Gasteiger partial charge is 0.360 e. The fourth-order valence-corrected chi connectivity index (χ4v) is 3.03. The van der Waals surface area contributed by atoms with Crippen LogP contribution in [0.5, 0.6) is 0 Å². The molecule has 8 heteroatoms. The summed E-state index contributed by atoms with van der Waals surface area (Å²) in [5.74, 6) is 1.68. The molecule has 8 nitrogen and oxygen atoms in total. The van der Waals surface area contributed by atoms with Gasteiger partial charge in [0.2, 0.25) is 5.91 Å². The minimum absolute atomic E-state index is 0.0113. The van der Waals surface area contributed by atoms with Crippen molar-refractivity contribution in [3.63, 3.8) is 0 Å². The first-order chi connectivity index (χ1) is 12.1. The van der Waals surface area contributed by atoms with Crippen LogP contribution in [0.4, 0.5) is 5.82 Å². The molecule has 1 N–H and O–H groups in total. The molecule has 2 aromatic rings. The molecule has 1 amide bonds. The van der Waals surface area contributed by atoms with E-state index in [0.29, 0.717) is 6.54 Å². The number of aryl methyl sites for hydroxylation is 2. The lowest BCUT2D eigenvalue weighted by Crippen LogP contribution is -2.48. The first-order valence-corrected chi connectivity index (χ1v) is 8.82. The summed E-state index contributed by atoms with van der Waals surface area (Å²) in [4.78, 5) is 16.8. The Kier molecular flexibility index (Phi) is 5.83. The van der Waals surface area contributed by atoms with Gasteiger partial charge in [-0.2, -0.15) is 5.10 Å². The second-order valence-corrected chi connectivity index (χ2v) is 6.47. The van der Waals surface area contributed by atoms with Gasteiger partial charge in [-0.3, -0.25) is 14.6 Å². The molecule has 0 saturated carbocycles. The molecular formula is C17H26N6O2. The van der Waals surface area contributed by atoms with Gasteiger partial charge >= 0.3 is 0 Å². The van der Waals surface area contributed by atoms with E-state index >= 15 is 0 Å². The predicted molar refractivity (Wildman–Crippen MR) is 94.1 cm³/mol. The quantitative estimate of drug-likeness (QED) is 0.815. The van der Waals surface area contributed by atoms with Gasteiger partial charge < -0.3 is 9.84 Å². The van der Waals surface area contributed by atoms with E-state index in [0.717, 1.165) is 63.0 Å². The van der Waals surface area contributed by atoms with Gasteiger partial charge in [0.1, 0.15) is 5.82 Å². The van der Waals surface area contributed by atoms with E-state index in [4.69, 9.17) is 4.52 Å². The van der Waals surface area contributed by atoms with Crippen LogP contribution in [0.25, 0.3) is 0 Å². The van der Waals surface area contributed by atoms with Crippen LogP contribution in [0, 0.1) is 6.92 Å². The van der Waals surface area contributed by atoms with Crippen molar-refractivity contribution in [3.05, 3.63) is 29.8 Å². The first-order valence-electron chi connectivity index (χ1n) is 8.82. The van der Waals surface area contributed by atoms with Gasteiger partial charge in [0.25, 0.3) is 0 Å². The molecule has 0 spiro atoms. The number of hydrogen-bond donors (Lipinski definition) is 1. The summed E-state index contributed by atoms with van der Waals surface area (Å²) in [6.07, 6.45) is 2.70. The van der Waals surface area contributed by atoms with E-state index in [9.17, 15) is 4.79 Å². The Hall–Kier alpha value is -2.19. The normalized spacial score (nSPS) is 16.2. The third-order valence-corrected chi connectivity index (χ3v) is 4.31. The standard InChI is InChI=1S/C17H26N6O2/c1-3-6-23-16(4-5-18-23)19-17(24)13-22-9-7-21(8-10-22)12-15-11-14(2)20-25-15/h4-5,11H,3,6-10,12-13H2,1-2H3,(H,19,24). The van der Waals surface area contributed by atoms with E-state index in [2.05, 4.69) is 32.3 Å². The van der Waals surface area contributed by atoms with Gasteiger partial charge in [0.05, 0.1) is 25.0 Å². The SMILES string of the molecule is CCCn1nccc1NC(=O)CN1CCN(Cc2cc(C)no2)CC1. The molecule has 1 aliphatic rings. The Bertz CT molecular complexity index is 687. The summed E-state index contributed by atoms with van der Waals surface area (Å²) >= 11 is 0. The number of aromatic nitrogens is 3. The van der Waals surface area contributed by atoms with Gasteiger partial charge in [0.15, 0.2) is 5.76 Å². The lowest BCUT2D eigenvalue weighted by molar-refractivity contribution is -0.117. The Morgan fingerprint density at radius 3 is 2.72 bits per heavy atom. The minimum Gasteiger partial charge on any atom is -0.360 e. The van der Waals surface area contributed by atoms with E-state index in [-0.39, 0.29) is 5.91 Å². The number of piperazine rings is 1. The van der Waals surface area contributed by atoms with Crippen LogP contribution in [-0.4, -0.2) is 63.4 Å². The second kappa shape index (κ2) is 8.26. The van der Waals surface area contributed by atoms with Crippen molar-refractivity contribution < 1.29 is 9.32 Å². The summed E-state index contributed by atoms with van der Waals surface area (Å²) in [6, 6.07) is 3.81. The third kappa shape index (κ3) is 4.90. The van der Waals surface area contributed by atoms with Crippen LogP contribution >= 0.6 is 0 Å². The van der Waals surface area contributed by atoms with E-state index in [1.54, 1.807) is 6.20 Å². The number of rotatable bonds is 7. The van der Waals surface area contributed by atoms with Crippen molar-refractivity contribution in [1.29, 1.82) is 0 Å². The molecule has 25 heavy (non-hydrogen) atoms. The van der Waals surface area contributed by atoms with Crippen molar-refractivity contribution in [3.8, 4) is 0 Å². The van der Waals surface area contributed by atoms with E-state index in [1.807, 2.05) is 23.7 Å². The third-order valence-electron chi connectivity index (χ3n) is 4.31. The molecule has 0 bridgehead atoms. The van der Waals surface area contributed by atoms with Crippen molar-refractivity contribution in [2.45, 2.75) is 33.4 Å². The minimum atomic E-state index is 0.0113. The van der Waals surface area contributed by atoms with E-state index in [1.165, 1.54) is 0 Å². The number of hydrogen-bond acceptors (Lipinski definition) is 6. The maximum atomic E-state index is 12.3. The molecule has 0 aromatic carbocycles. The average Bonchev–Trinajstić information content (AvgIpc) is 3.19. The van der Waals surface area contributed by atoms with Crippen LogP contribution in [-0.2, 0) is 17.9 Å². The van der Waals surface area contributed by atoms with Gasteiger partial charge in [-0.15, -0.1) is 0 Å². The highest BCUT2D eigenvalue weighted by Gasteiger charge is 2.20. The van der Waals surface area contributed by atoms with Crippen LogP contribution < -0.4 is 5.32 Å². The highest BCUT2D eigenvalue weighted by Crippen LogP contribution is 2.11. The average molecular weight is 346 g/mol. The molecule has 0 atom stereocenters. The van der Waals surface area contributed by atoms with Crippen LogP contribution in [0.3, 0.4) is 0 Å². The van der Waals surface area contributed by atoms with Crippen LogP contribution in [0.2, 0.25) is 0 Å². The van der Waals surface area contributed by atoms with E-state index < -0.39 is 0 Å². The molecule has 136 valence electrons. The van der Waals surface area contributed by atoms with Gasteiger partial charge in [-0.05, 0) is 13.3 Å². The number of anilines is 1. The van der Waals surface area contributed by atoms with Gasteiger partial charge in [0, 0.05) is 44.9 Å². The molecule has 1 aliphatic heterocycles. The summed E-state index contributed by atoms with van der Waals surface area (Å²) < 4.78 is 7.10. The molecule has 0 radical (unpaired) electrons. The van der Waals surface area contributed by atoms with Gasteiger partial charge in [-0.1, -0.05) is 12.1 Å². The Morgan fingerprint density at radius 2 is 2.04 bits per heavy atom. The fourth-order valence-electron chi connectivity index (χ4n) is 3.03. The zero-order valence-corrected chi connectivity index (χ0v) is 14.9. The highest BCUT2D eigenvalue weighted by atomic mass is 16.5. The number of nitrogens with zero attached hydrogens (tertiary/aromatic N) is 5. The number of nitrogens with one attached hydrogen (secondary N) is 1. The topological polar surface area (TPSA) is 79.4 Å². The van der Waals surface area contributed by atoms with Crippen LogP contribution in [0.15, 0.2) is 22.9 Å². The van der Waals surface area contributed by atoms with Crippen molar-refractivity contribution in [2.75, 3.05) is 38.0 Å². The van der Waals surface area contributed by atoms with Gasteiger partial charge in [-0.25, -0.2) is 4.68 Å². The maximum absolute atomic E-state index is 12.3. The molecule has 1 fully saturated rings. The second-order valence-electron chi connectivity index (χ2n) is 6.47. The monoisotopic (exact) mass is 346 g/mol. The molecule has 1 saturated heterocycles. The highest BCUT2D eigenvalue weighted by molar-refractivity contribution is 5.91. The molecule has 2 aromatic heterocycles. The lowest BCUT2D eigenvalue weighted by Gasteiger charge is -2.33. The van der Waals surface area contributed by atoms with Crippen molar-refractivity contribution in [2.24, 2.45) is 0 Å². The van der Waals surface area contributed by atoms with Crippen molar-refractivity contribution in [1.82, 2.24) is 24.7 Å². The molecule has 0 unspecified atom stereocenters. The number of carbonyl (C=O) groups is 1. The Labute approximate surface area is 147 Å². The Balaban J connectivity index is 1.42. The fraction of sp³-hybridized carbons (Fsp3) is 0.588. The smallest absolute Gasteiger partial charge is 0.239 e. The molecule has 3 rings (SSSR count). The zero-order valence-electron chi connectivity index (χ0n) is 14.9. The number of carbonyl (C=O) groups excluding carboxylic acids is 1. The predicted octanol–water partition coefficient (Wildman–Crippen LogP) is 1.35. The molecular weight excluding hydrogens is 320 g/mol. The summed E-state index contributed by atoms with van der Waals surface area (Å²) in [5.41, 5.74) is 0.910. The van der Waals surface area contributed by atoms with Crippen LogP contribution in [0.1, 0.15) is 24.8 Å². The summed E-state index contributed by atoms with van der Waals surface area (Å²) in [5, 5.41) is 11.1. The first kappa shape index (κ1) is 17.6. The number of amides is 1.